The normalized spacial score (nSPS) is 12.1. The fraction of sp³-hybridized carbons (Fsp3) is 0. The summed E-state index contributed by atoms with van der Waals surface area (Å²) >= 11 is 0. The van der Waals surface area contributed by atoms with Crippen molar-refractivity contribution in [1.29, 1.82) is 0 Å². The molecule has 0 amide bonds. The zero-order valence-corrected chi connectivity index (χ0v) is 14.3. The lowest BCUT2D eigenvalue weighted by Gasteiger charge is -2.15. The molecule has 0 spiro atoms. The van der Waals surface area contributed by atoms with Gasteiger partial charge < -0.3 is 9.52 Å². The highest BCUT2D eigenvalue weighted by atomic mass is 16.4. The Morgan fingerprint density at radius 1 is 0.643 bits per heavy atom. The summed E-state index contributed by atoms with van der Waals surface area (Å²) in [4.78, 5) is 36.2. The zero-order valence-electron chi connectivity index (χ0n) is 14.3. The molecule has 0 unspecified atom stereocenters. The Balaban J connectivity index is 2.06. The molecular weight excluding hydrogens is 356 g/mol. The van der Waals surface area contributed by atoms with Crippen LogP contribution < -0.4 is 11.3 Å². The highest BCUT2D eigenvalue weighted by molar-refractivity contribution is 6.37. The smallest absolute Gasteiger partial charge is 0.347 e. The molecule has 0 aliphatic heterocycles. The fourth-order valence-corrected chi connectivity index (χ4v) is 4.53. The van der Waals surface area contributed by atoms with Crippen molar-refractivity contribution in [1.82, 2.24) is 0 Å². The third-order valence-electron chi connectivity index (χ3n) is 5.62. The maximum Gasteiger partial charge on any atom is 0.347 e. The van der Waals surface area contributed by atoms with Crippen molar-refractivity contribution in [2.45, 2.75) is 0 Å². The molecule has 1 N–H and O–H groups in total. The first-order valence-electron chi connectivity index (χ1n) is 8.72. The highest BCUT2D eigenvalue weighted by Gasteiger charge is 2.20. The number of carboxylic acids is 1. The van der Waals surface area contributed by atoms with Gasteiger partial charge in [-0.3, -0.25) is 0 Å². The van der Waals surface area contributed by atoms with E-state index in [1.807, 2.05) is 36.4 Å². The van der Waals surface area contributed by atoms with Gasteiger partial charge in [0.2, 0.25) is 0 Å². The second-order valence-corrected chi connectivity index (χ2v) is 6.95. The number of hydrogen-bond acceptors (Lipinski definition) is 4. The molecule has 0 radical (unpaired) electrons. The van der Waals surface area contributed by atoms with Crippen LogP contribution in [0.3, 0.4) is 0 Å². The molecule has 1 aromatic heterocycles. The van der Waals surface area contributed by atoms with E-state index in [-0.39, 0.29) is 10.9 Å². The summed E-state index contributed by atoms with van der Waals surface area (Å²) in [6.45, 7) is 0. The molecule has 0 atom stereocenters. The van der Waals surface area contributed by atoms with Gasteiger partial charge in [-0.25, -0.2) is 14.4 Å². The van der Waals surface area contributed by atoms with Crippen molar-refractivity contribution in [3.63, 3.8) is 0 Å². The fourth-order valence-electron chi connectivity index (χ4n) is 4.53. The number of fused-ring (bicyclic) bond motifs is 4. The Hall–Kier alpha value is -3.99. The van der Waals surface area contributed by atoms with Crippen LogP contribution in [0.15, 0.2) is 68.6 Å². The van der Waals surface area contributed by atoms with Gasteiger partial charge in [0.05, 0.1) is 16.3 Å². The number of hydrogen-bond donors (Lipinski definition) is 1. The largest absolute Gasteiger partial charge is 0.478 e. The topological polar surface area (TPSA) is 84.6 Å². The Kier molecular flexibility index (Phi) is 2.61. The lowest BCUT2D eigenvalue weighted by atomic mass is 9.87. The van der Waals surface area contributed by atoms with Gasteiger partial charge in [-0.1, -0.05) is 42.5 Å². The average Bonchev–Trinajstić information content (AvgIpc) is 2.98. The maximum atomic E-state index is 12.3. The van der Waals surface area contributed by atoms with Crippen LogP contribution in [0.5, 0.6) is 0 Å². The molecule has 132 valence electrons. The quantitative estimate of drug-likeness (QED) is 0.346. The van der Waals surface area contributed by atoms with Crippen LogP contribution in [-0.4, -0.2) is 11.1 Å². The Bertz CT molecular complexity index is 1730. The number of carbonyl (C=O) groups is 1. The number of aromatic carboxylic acids is 1. The van der Waals surface area contributed by atoms with Crippen molar-refractivity contribution < 1.29 is 14.3 Å². The van der Waals surface area contributed by atoms with Gasteiger partial charge in [0, 0.05) is 0 Å². The van der Waals surface area contributed by atoms with Gasteiger partial charge in [-0.15, -0.1) is 0 Å². The van der Waals surface area contributed by atoms with Crippen molar-refractivity contribution in [3.05, 3.63) is 81.0 Å². The molecular formula is C23H10O5. The molecule has 5 heteroatoms. The molecule has 0 aliphatic carbocycles. The Morgan fingerprint density at radius 2 is 1.25 bits per heavy atom. The van der Waals surface area contributed by atoms with E-state index in [1.54, 1.807) is 18.2 Å². The van der Waals surface area contributed by atoms with Crippen LogP contribution in [0.25, 0.3) is 53.9 Å². The Morgan fingerprint density at radius 3 is 2.00 bits per heavy atom. The van der Waals surface area contributed by atoms with E-state index in [0.717, 1.165) is 32.3 Å². The molecule has 0 saturated heterocycles. The number of carboxylic acid groups (broad SMARTS) is 1. The molecule has 6 rings (SSSR count). The van der Waals surface area contributed by atoms with Gasteiger partial charge in [-0.05, 0) is 55.2 Å². The minimum Gasteiger partial charge on any atom is -0.478 e. The van der Waals surface area contributed by atoms with E-state index < -0.39 is 17.2 Å². The molecule has 0 fully saturated rings. The highest BCUT2D eigenvalue weighted by Crippen LogP contribution is 2.42. The van der Waals surface area contributed by atoms with E-state index in [9.17, 15) is 19.5 Å². The van der Waals surface area contributed by atoms with Crippen LogP contribution in [0, 0.1) is 0 Å². The first kappa shape index (κ1) is 15.1. The van der Waals surface area contributed by atoms with Crippen molar-refractivity contribution >= 4 is 59.8 Å². The third-order valence-corrected chi connectivity index (χ3v) is 5.62. The van der Waals surface area contributed by atoms with Crippen LogP contribution in [0.1, 0.15) is 10.4 Å². The minimum atomic E-state index is -0.990. The summed E-state index contributed by atoms with van der Waals surface area (Å²) in [6, 6.07) is 16.2. The lowest BCUT2D eigenvalue weighted by Crippen LogP contribution is -1.99. The van der Waals surface area contributed by atoms with E-state index in [1.165, 1.54) is 0 Å². The van der Waals surface area contributed by atoms with Gasteiger partial charge in [0.15, 0.2) is 0 Å². The van der Waals surface area contributed by atoms with Gasteiger partial charge in [0.25, 0.3) is 0 Å². The molecule has 5 aromatic carbocycles. The summed E-state index contributed by atoms with van der Waals surface area (Å²) in [5.74, 6) is -0.990. The van der Waals surface area contributed by atoms with Crippen LogP contribution >= 0.6 is 0 Å². The second-order valence-electron chi connectivity index (χ2n) is 6.95. The second kappa shape index (κ2) is 4.84. The minimum absolute atomic E-state index is 0.229. The SMILES string of the molecule is O=C(O)c1ccc2c3cccc4c5c(=O)oc(=O)c5cc(c5cccc1c25)c34. The first-order valence-corrected chi connectivity index (χ1v) is 8.72. The number of furan rings is 1. The zero-order chi connectivity index (χ0) is 19.2. The molecule has 0 saturated carbocycles. The standard InChI is InChI=1S/C23H10O5/c24-21(25)14-8-7-13-10-3-2-6-15-19(10)16(12-5-1-4-11(14)18(12)13)9-17-20(15)23(27)28-22(17)26/h1-9H,(H,24,25). The van der Waals surface area contributed by atoms with Crippen LogP contribution in [0.4, 0.5) is 0 Å². The first-order chi connectivity index (χ1) is 13.6. The molecule has 6 aromatic rings. The summed E-state index contributed by atoms with van der Waals surface area (Å²) in [6.07, 6.45) is 0. The van der Waals surface area contributed by atoms with Gasteiger partial charge >= 0.3 is 17.2 Å². The van der Waals surface area contributed by atoms with E-state index >= 15 is 0 Å². The summed E-state index contributed by atoms with van der Waals surface area (Å²) in [7, 11) is 0. The van der Waals surface area contributed by atoms with E-state index in [0.29, 0.717) is 16.2 Å². The van der Waals surface area contributed by atoms with Gasteiger partial charge in [0.1, 0.15) is 0 Å². The van der Waals surface area contributed by atoms with Crippen molar-refractivity contribution in [2.24, 2.45) is 0 Å². The summed E-state index contributed by atoms with van der Waals surface area (Å²) < 4.78 is 4.84. The summed E-state index contributed by atoms with van der Waals surface area (Å²) in [5.41, 5.74) is -1.05. The maximum absolute atomic E-state index is 12.3. The predicted octanol–water partition coefficient (Wildman–Crippen LogP) is 4.34. The molecule has 0 aliphatic rings. The van der Waals surface area contributed by atoms with Crippen molar-refractivity contribution in [3.8, 4) is 0 Å². The summed E-state index contributed by atoms with van der Waals surface area (Å²) in [5, 5.41) is 16.6. The molecule has 28 heavy (non-hydrogen) atoms. The monoisotopic (exact) mass is 366 g/mol. The third kappa shape index (κ3) is 1.64. The molecule has 5 nitrogen and oxygen atoms in total. The Labute approximate surface area is 155 Å². The van der Waals surface area contributed by atoms with Gasteiger partial charge in [-0.2, -0.15) is 0 Å². The van der Waals surface area contributed by atoms with Crippen LogP contribution in [-0.2, 0) is 0 Å². The lowest BCUT2D eigenvalue weighted by molar-refractivity contribution is 0.0699. The molecule has 1 heterocycles. The predicted molar refractivity (Wildman–Crippen MR) is 108 cm³/mol. The van der Waals surface area contributed by atoms with E-state index in [4.69, 9.17) is 4.42 Å². The van der Waals surface area contributed by atoms with Crippen LogP contribution in [0.2, 0.25) is 0 Å². The number of benzene rings is 5. The van der Waals surface area contributed by atoms with E-state index in [2.05, 4.69) is 0 Å². The molecule has 0 bridgehead atoms. The average molecular weight is 366 g/mol. The number of rotatable bonds is 1. The van der Waals surface area contributed by atoms with Crippen molar-refractivity contribution in [2.75, 3.05) is 0 Å².